The average molecular weight is 601 g/mol. The van der Waals surface area contributed by atoms with E-state index in [2.05, 4.69) is 159 Å². The molecule has 5 heteroatoms. The van der Waals surface area contributed by atoms with Crippen LogP contribution in [-0.2, 0) is 0 Å². The van der Waals surface area contributed by atoms with Gasteiger partial charge in [0.25, 0.3) is 0 Å². The van der Waals surface area contributed by atoms with Gasteiger partial charge in [-0.05, 0) is 116 Å². The van der Waals surface area contributed by atoms with Crippen molar-refractivity contribution in [2.75, 3.05) is 0 Å². The van der Waals surface area contributed by atoms with Gasteiger partial charge in [-0.15, -0.1) is 5.54 Å². The van der Waals surface area contributed by atoms with E-state index in [4.69, 9.17) is 9.97 Å². The van der Waals surface area contributed by atoms with Crippen molar-refractivity contribution in [3.05, 3.63) is 118 Å². The third-order valence-electron chi connectivity index (χ3n) is 8.08. The highest BCUT2D eigenvalue weighted by atomic mass is 28.3. The van der Waals surface area contributed by atoms with Gasteiger partial charge in [0, 0.05) is 38.8 Å². The maximum atomic E-state index is 5.12. The van der Waals surface area contributed by atoms with E-state index in [0.29, 0.717) is 0 Å². The van der Waals surface area contributed by atoms with Gasteiger partial charge in [0.05, 0.1) is 22.8 Å². The van der Waals surface area contributed by atoms with E-state index in [0.717, 1.165) is 67.1 Å². The fourth-order valence-corrected chi connectivity index (χ4v) is 6.71. The van der Waals surface area contributed by atoms with Crippen LogP contribution in [0.15, 0.2) is 72.8 Å². The minimum Gasteiger partial charge on any atom is -0.355 e. The van der Waals surface area contributed by atoms with Crippen molar-refractivity contribution in [3.63, 3.8) is 0 Å². The first-order chi connectivity index (χ1) is 21.6. The molecule has 0 saturated carbocycles. The molecule has 2 aliphatic rings. The normalized spacial score (nSPS) is 12.3. The first-order valence-electron chi connectivity index (χ1n) is 15.4. The number of hydrogen-bond donors (Lipinski definition) is 2. The maximum absolute atomic E-state index is 5.12. The number of rotatable bonds is 2. The third kappa shape index (κ3) is 5.85. The molecule has 4 nitrogen and oxygen atoms in total. The number of aromatic amines is 2. The molecule has 0 unspecified atom stereocenters. The molecule has 0 amide bonds. The molecule has 0 fully saturated rings. The summed E-state index contributed by atoms with van der Waals surface area (Å²) in [6.45, 7) is 13.3. The molecule has 0 atom stereocenters. The highest BCUT2D eigenvalue weighted by Gasteiger charge is 2.18. The Labute approximate surface area is 265 Å². The van der Waals surface area contributed by atoms with Gasteiger partial charge < -0.3 is 9.97 Å². The van der Waals surface area contributed by atoms with E-state index in [9.17, 15) is 0 Å². The zero-order valence-electron chi connectivity index (χ0n) is 26.6. The van der Waals surface area contributed by atoms with Crippen molar-refractivity contribution in [3.8, 4) is 33.7 Å². The van der Waals surface area contributed by atoms with Crippen LogP contribution in [0.1, 0.15) is 45.0 Å². The molecule has 0 radical (unpaired) electrons. The molecule has 0 aliphatic carbocycles. The number of benzene rings is 2. The predicted molar refractivity (Wildman–Crippen MR) is 194 cm³/mol. The van der Waals surface area contributed by atoms with Crippen LogP contribution in [0.5, 0.6) is 0 Å². The predicted octanol–water partition coefficient (Wildman–Crippen LogP) is 10.1. The zero-order valence-corrected chi connectivity index (χ0v) is 27.6. The quantitative estimate of drug-likeness (QED) is 0.153. The summed E-state index contributed by atoms with van der Waals surface area (Å²) in [6, 6.07) is 25.8. The lowest BCUT2D eigenvalue weighted by Gasteiger charge is -2.13. The molecule has 45 heavy (non-hydrogen) atoms. The number of hydrogen-bond acceptors (Lipinski definition) is 2. The van der Waals surface area contributed by atoms with E-state index < -0.39 is 8.07 Å². The summed E-state index contributed by atoms with van der Waals surface area (Å²) in [6.07, 6.45) is 8.40. The molecular formula is C40H36N4Si. The van der Waals surface area contributed by atoms with Crippen molar-refractivity contribution in [2.45, 2.75) is 40.4 Å². The summed E-state index contributed by atoms with van der Waals surface area (Å²) >= 11 is 0. The summed E-state index contributed by atoms with van der Waals surface area (Å²) in [5.41, 5.74) is 20.4. The van der Waals surface area contributed by atoms with Gasteiger partial charge in [-0.25, -0.2) is 9.97 Å². The van der Waals surface area contributed by atoms with E-state index in [1.54, 1.807) is 0 Å². The van der Waals surface area contributed by atoms with Gasteiger partial charge in [-0.1, -0.05) is 55.4 Å². The van der Waals surface area contributed by atoms with Crippen LogP contribution in [0.4, 0.5) is 0 Å². The maximum Gasteiger partial charge on any atom is 0.129 e. The van der Waals surface area contributed by atoms with Crippen LogP contribution in [0.3, 0.4) is 0 Å². The lowest BCUT2D eigenvalue weighted by atomic mass is 9.92. The van der Waals surface area contributed by atoms with Crippen LogP contribution < -0.4 is 0 Å². The summed E-state index contributed by atoms with van der Waals surface area (Å²) in [4.78, 5) is 17.6. The number of H-pyrrole nitrogens is 2. The molecule has 2 aliphatic heterocycles. The van der Waals surface area contributed by atoms with Crippen LogP contribution >= 0.6 is 0 Å². The van der Waals surface area contributed by atoms with Crippen LogP contribution in [0.2, 0.25) is 19.6 Å². The van der Waals surface area contributed by atoms with E-state index in [-0.39, 0.29) is 0 Å². The number of nitrogens with zero attached hydrogens (tertiary/aromatic N) is 2. The van der Waals surface area contributed by atoms with Gasteiger partial charge >= 0.3 is 0 Å². The lowest BCUT2D eigenvalue weighted by molar-refractivity contribution is 1.25. The fourth-order valence-electron chi connectivity index (χ4n) is 6.20. The first-order valence-corrected chi connectivity index (χ1v) is 18.9. The van der Waals surface area contributed by atoms with E-state index in [1.807, 2.05) is 0 Å². The molecule has 0 saturated heterocycles. The summed E-state index contributed by atoms with van der Waals surface area (Å²) in [5, 5.41) is 0. The molecule has 2 N–H and O–H groups in total. The minimum atomic E-state index is -1.45. The summed E-state index contributed by atoms with van der Waals surface area (Å²) in [7, 11) is -1.45. The van der Waals surface area contributed by atoms with Gasteiger partial charge in [0.15, 0.2) is 0 Å². The van der Waals surface area contributed by atoms with E-state index >= 15 is 0 Å². The van der Waals surface area contributed by atoms with Gasteiger partial charge in [-0.2, -0.15) is 0 Å². The summed E-state index contributed by atoms with van der Waals surface area (Å²) in [5.74, 6) is 3.38. The molecule has 0 spiro atoms. The van der Waals surface area contributed by atoms with Crippen molar-refractivity contribution in [1.29, 1.82) is 0 Å². The number of aromatic nitrogens is 4. The largest absolute Gasteiger partial charge is 0.355 e. The van der Waals surface area contributed by atoms with E-state index in [1.165, 1.54) is 22.3 Å². The SMILES string of the molecule is Cc1cc(C)c(-c2c3nc(cc4ccc([nH]4)c(-c4ccc(C#C[Si](C)(C)C)cc4)c4ccc(cc5nc2C=C5)[nH]4)C=C3)c(C)c1. The van der Waals surface area contributed by atoms with Crippen molar-refractivity contribution in [2.24, 2.45) is 0 Å². The standard InChI is InChI=1S/C40H36N4Si/c1-25-21-26(2)38(27(3)22-25)40-36-17-13-32(43-36)23-30-11-15-34(41-30)39(29-9-7-28(8-10-29)19-20-45(4,5)6)35-16-12-31(42-35)24-33-14-18-37(40)44-33/h7-18,21-24,41-42H,1-6H3. The topological polar surface area (TPSA) is 57.4 Å². The second-order valence-electron chi connectivity index (χ2n) is 13.1. The Hall–Kier alpha value is -5.18. The molecule has 7 rings (SSSR count). The first kappa shape index (κ1) is 28.6. The Morgan fingerprint density at radius 3 is 1.62 bits per heavy atom. The third-order valence-corrected chi connectivity index (χ3v) is 8.96. The Balaban J connectivity index is 1.48. The van der Waals surface area contributed by atoms with Crippen molar-refractivity contribution < 1.29 is 0 Å². The van der Waals surface area contributed by atoms with Gasteiger partial charge in [0.1, 0.15) is 8.07 Å². The Morgan fingerprint density at radius 1 is 0.578 bits per heavy atom. The summed E-state index contributed by atoms with van der Waals surface area (Å²) < 4.78 is 0. The second-order valence-corrected chi connectivity index (χ2v) is 17.8. The highest BCUT2D eigenvalue weighted by molar-refractivity contribution is 6.83. The average Bonchev–Trinajstić information content (AvgIpc) is 3.80. The highest BCUT2D eigenvalue weighted by Crippen LogP contribution is 2.36. The minimum absolute atomic E-state index is 0.901. The fraction of sp³-hybridized carbons (Fsp3) is 0.150. The van der Waals surface area contributed by atoms with Crippen LogP contribution in [0.25, 0.3) is 68.6 Å². The molecule has 8 bridgehead atoms. The van der Waals surface area contributed by atoms with Crippen LogP contribution in [-0.4, -0.2) is 28.0 Å². The molecule has 3 aromatic heterocycles. The zero-order chi connectivity index (χ0) is 31.3. The van der Waals surface area contributed by atoms with Gasteiger partial charge in [-0.3, -0.25) is 0 Å². The second kappa shape index (κ2) is 11.1. The monoisotopic (exact) mass is 600 g/mol. The lowest BCUT2D eigenvalue weighted by Crippen LogP contribution is -2.16. The van der Waals surface area contributed by atoms with Crippen molar-refractivity contribution >= 4 is 54.4 Å². The Bertz CT molecular complexity index is 2160. The molecule has 220 valence electrons. The number of nitrogens with one attached hydrogen (secondary N) is 2. The molecule has 5 aromatic rings. The molecular weight excluding hydrogens is 565 g/mol. The van der Waals surface area contributed by atoms with Gasteiger partial charge in [0.2, 0.25) is 0 Å². The van der Waals surface area contributed by atoms with Crippen LogP contribution in [0, 0.1) is 32.2 Å². The Kier molecular flexibility index (Phi) is 7.03. The number of aryl methyl sites for hydroxylation is 3. The van der Waals surface area contributed by atoms with Crippen molar-refractivity contribution in [1.82, 2.24) is 19.9 Å². The molecule has 5 heterocycles. The Morgan fingerprint density at radius 2 is 1.11 bits per heavy atom. The smallest absolute Gasteiger partial charge is 0.129 e. The number of fused-ring (bicyclic) bond motifs is 8. The molecule has 2 aromatic carbocycles.